The van der Waals surface area contributed by atoms with Crippen molar-refractivity contribution in [3.8, 4) is 0 Å². The summed E-state index contributed by atoms with van der Waals surface area (Å²) in [4.78, 5) is 2.25. The fourth-order valence-electron chi connectivity index (χ4n) is 1.67. The summed E-state index contributed by atoms with van der Waals surface area (Å²) in [6.07, 6.45) is 3.02. The minimum Gasteiger partial charge on any atom is -0.395 e. The van der Waals surface area contributed by atoms with Crippen LogP contribution in [-0.4, -0.2) is 39.5 Å². The van der Waals surface area contributed by atoms with E-state index in [1.54, 1.807) is 0 Å². The van der Waals surface area contributed by atoms with Crippen molar-refractivity contribution in [3.63, 3.8) is 0 Å². The Morgan fingerprint density at radius 1 is 1.47 bits per heavy atom. The Balaban J connectivity index is 2.60. The van der Waals surface area contributed by atoms with E-state index in [-0.39, 0.29) is 6.61 Å². The van der Waals surface area contributed by atoms with Crippen LogP contribution in [0.4, 0.5) is 0 Å². The van der Waals surface area contributed by atoms with Crippen molar-refractivity contribution in [2.75, 3.05) is 19.7 Å². The Labute approximate surface area is 91.5 Å². The lowest BCUT2D eigenvalue weighted by Gasteiger charge is -2.20. The fourth-order valence-corrected chi connectivity index (χ4v) is 1.67. The first-order valence-corrected chi connectivity index (χ1v) is 5.49. The van der Waals surface area contributed by atoms with Gasteiger partial charge in [-0.3, -0.25) is 9.58 Å². The monoisotopic (exact) mass is 211 g/mol. The second-order valence-corrected chi connectivity index (χ2v) is 3.88. The molecule has 0 amide bonds. The van der Waals surface area contributed by atoms with Gasteiger partial charge in [0.1, 0.15) is 0 Å². The molecule has 1 aromatic rings. The third kappa shape index (κ3) is 3.32. The molecule has 0 spiro atoms. The number of aliphatic hydroxyl groups is 1. The zero-order chi connectivity index (χ0) is 11.3. The van der Waals surface area contributed by atoms with Crippen LogP contribution in [0.1, 0.15) is 24.6 Å². The fraction of sp³-hybridized carbons (Fsp3) is 0.727. The number of nitrogens with zero attached hydrogens (tertiary/aromatic N) is 3. The van der Waals surface area contributed by atoms with Gasteiger partial charge in [-0.1, -0.05) is 6.92 Å². The molecule has 4 nitrogen and oxygen atoms in total. The topological polar surface area (TPSA) is 41.3 Å². The van der Waals surface area contributed by atoms with Crippen molar-refractivity contribution in [1.29, 1.82) is 0 Å². The molecule has 4 heteroatoms. The van der Waals surface area contributed by atoms with Crippen molar-refractivity contribution >= 4 is 0 Å². The number of aromatic nitrogens is 2. The molecule has 86 valence electrons. The molecule has 0 atom stereocenters. The molecule has 0 aliphatic rings. The molecule has 15 heavy (non-hydrogen) atoms. The predicted molar refractivity (Wildman–Crippen MR) is 60.6 cm³/mol. The Kier molecular flexibility index (Phi) is 4.78. The molecular formula is C11H21N3O. The SMILES string of the molecule is CCCN(CCO)Cc1cnn(C)c1C. The smallest absolute Gasteiger partial charge is 0.0558 e. The highest BCUT2D eigenvalue weighted by Gasteiger charge is 2.08. The first kappa shape index (κ1) is 12.2. The van der Waals surface area contributed by atoms with Crippen LogP contribution >= 0.6 is 0 Å². The quantitative estimate of drug-likeness (QED) is 0.761. The van der Waals surface area contributed by atoms with Gasteiger partial charge >= 0.3 is 0 Å². The summed E-state index contributed by atoms with van der Waals surface area (Å²) < 4.78 is 1.89. The molecule has 0 aliphatic heterocycles. The number of hydrogen-bond acceptors (Lipinski definition) is 3. The summed E-state index contributed by atoms with van der Waals surface area (Å²) in [7, 11) is 1.95. The number of rotatable bonds is 6. The molecule has 0 fully saturated rings. The maximum Gasteiger partial charge on any atom is 0.0558 e. The third-order valence-electron chi connectivity index (χ3n) is 2.69. The molecule has 1 aromatic heterocycles. The molecule has 0 aliphatic carbocycles. The average molecular weight is 211 g/mol. The van der Waals surface area contributed by atoms with Crippen molar-refractivity contribution < 1.29 is 5.11 Å². The van der Waals surface area contributed by atoms with Crippen molar-refractivity contribution in [1.82, 2.24) is 14.7 Å². The van der Waals surface area contributed by atoms with Crippen molar-refractivity contribution in [3.05, 3.63) is 17.5 Å². The summed E-state index contributed by atoms with van der Waals surface area (Å²) >= 11 is 0. The van der Waals surface area contributed by atoms with Crippen LogP contribution in [0.5, 0.6) is 0 Å². The Hall–Kier alpha value is -0.870. The predicted octanol–water partition coefficient (Wildman–Crippen LogP) is 0.933. The largest absolute Gasteiger partial charge is 0.395 e. The van der Waals surface area contributed by atoms with Crippen LogP contribution in [0.15, 0.2) is 6.20 Å². The van der Waals surface area contributed by atoms with Gasteiger partial charge in [0.05, 0.1) is 12.8 Å². The van der Waals surface area contributed by atoms with Gasteiger partial charge in [0, 0.05) is 31.4 Å². The van der Waals surface area contributed by atoms with E-state index in [9.17, 15) is 0 Å². The lowest BCUT2D eigenvalue weighted by molar-refractivity contribution is 0.190. The molecular weight excluding hydrogens is 190 g/mol. The van der Waals surface area contributed by atoms with Gasteiger partial charge in [0.25, 0.3) is 0 Å². The van der Waals surface area contributed by atoms with Crippen LogP contribution in [0.25, 0.3) is 0 Å². The average Bonchev–Trinajstić information content (AvgIpc) is 2.51. The Bertz CT molecular complexity index is 290. The minimum absolute atomic E-state index is 0.222. The highest BCUT2D eigenvalue weighted by atomic mass is 16.3. The van der Waals surface area contributed by atoms with Crippen LogP contribution in [0.2, 0.25) is 0 Å². The van der Waals surface area contributed by atoms with E-state index in [0.717, 1.165) is 26.1 Å². The molecule has 0 saturated heterocycles. The van der Waals surface area contributed by atoms with Gasteiger partial charge in [-0.05, 0) is 19.9 Å². The maximum absolute atomic E-state index is 8.95. The van der Waals surface area contributed by atoms with Crippen LogP contribution in [-0.2, 0) is 13.6 Å². The summed E-state index contributed by atoms with van der Waals surface area (Å²) in [5.41, 5.74) is 2.45. The lowest BCUT2D eigenvalue weighted by Crippen LogP contribution is -2.27. The number of hydrogen-bond donors (Lipinski definition) is 1. The van der Waals surface area contributed by atoms with Gasteiger partial charge in [0.15, 0.2) is 0 Å². The minimum atomic E-state index is 0.222. The summed E-state index contributed by atoms with van der Waals surface area (Å²) in [5.74, 6) is 0. The van der Waals surface area contributed by atoms with E-state index in [1.807, 2.05) is 17.9 Å². The number of aryl methyl sites for hydroxylation is 1. The van der Waals surface area contributed by atoms with Gasteiger partial charge in [-0.15, -0.1) is 0 Å². The van der Waals surface area contributed by atoms with Crippen LogP contribution in [0.3, 0.4) is 0 Å². The van der Waals surface area contributed by atoms with E-state index in [4.69, 9.17) is 5.11 Å². The zero-order valence-corrected chi connectivity index (χ0v) is 9.90. The maximum atomic E-state index is 8.95. The van der Waals surface area contributed by atoms with E-state index in [0.29, 0.717) is 0 Å². The lowest BCUT2D eigenvalue weighted by atomic mass is 10.2. The summed E-state index contributed by atoms with van der Waals surface area (Å²) in [6.45, 7) is 7.09. The second-order valence-electron chi connectivity index (χ2n) is 3.88. The molecule has 0 bridgehead atoms. The number of aliphatic hydroxyl groups excluding tert-OH is 1. The van der Waals surface area contributed by atoms with Crippen LogP contribution in [0, 0.1) is 6.92 Å². The van der Waals surface area contributed by atoms with Gasteiger partial charge in [-0.25, -0.2) is 0 Å². The second kappa shape index (κ2) is 5.88. The molecule has 0 radical (unpaired) electrons. The zero-order valence-electron chi connectivity index (χ0n) is 9.90. The molecule has 1 N–H and O–H groups in total. The molecule has 0 saturated carbocycles. The normalized spacial score (nSPS) is 11.3. The summed E-state index contributed by atoms with van der Waals surface area (Å²) in [5, 5.41) is 13.2. The Morgan fingerprint density at radius 2 is 2.20 bits per heavy atom. The first-order chi connectivity index (χ1) is 7.19. The van der Waals surface area contributed by atoms with E-state index in [1.165, 1.54) is 11.3 Å². The standard InChI is InChI=1S/C11H21N3O/c1-4-5-14(6-7-15)9-11-8-12-13(3)10(11)2/h8,15H,4-7,9H2,1-3H3. The van der Waals surface area contributed by atoms with Crippen molar-refractivity contribution in [2.45, 2.75) is 26.8 Å². The van der Waals surface area contributed by atoms with E-state index in [2.05, 4.69) is 23.8 Å². The third-order valence-corrected chi connectivity index (χ3v) is 2.69. The van der Waals surface area contributed by atoms with Gasteiger partial charge in [0.2, 0.25) is 0 Å². The Morgan fingerprint density at radius 3 is 2.67 bits per heavy atom. The summed E-state index contributed by atoms with van der Waals surface area (Å²) in [6, 6.07) is 0. The van der Waals surface area contributed by atoms with Gasteiger partial charge < -0.3 is 5.11 Å². The highest BCUT2D eigenvalue weighted by Crippen LogP contribution is 2.09. The molecule has 1 heterocycles. The van der Waals surface area contributed by atoms with Gasteiger partial charge in [-0.2, -0.15) is 5.10 Å². The molecule has 0 aromatic carbocycles. The van der Waals surface area contributed by atoms with E-state index >= 15 is 0 Å². The first-order valence-electron chi connectivity index (χ1n) is 5.49. The highest BCUT2D eigenvalue weighted by molar-refractivity contribution is 5.15. The van der Waals surface area contributed by atoms with E-state index < -0.39 is 0 Å². The molecule has 1 rings (SSSR count). The van der Waals surface area contributed by atoms with Crippen LogP contribution < -0.4 is 0 Å². The molecule has 0 unspecified atom stereocenters. The van der Waals surface area contributed by atoms with Crippen molar-refractivity contribution in [2.24, 2.45) is 7.05 Å².